The highest BCUT2D eigenvalue weighted by Gasteiger charge is 2.17. The average molecular weight is 278 g/mol. The van der Waals surface area contributed by atoms with Crippen molar-refractivity contribution in [3.05, 3.63) is 0 Å². The smallest absolute Gasteiger partial charge is 0.242 e. The van der Waals surface area contributed by atoms with Gasteiger partial charge in [0.2, 0.25) is 11.8 Å². The molecule has 0 aromatic heterocycles. The average Bonchev–Trinajstić information content (AvgIpc) is 2.29. The molecule has 0 aliphatic rings. The van der Waals surface area contributed by atoms with E-state index in [0.717, 1.165) is 17.9 Å². The lowest BCUT2D eigenvalue weighted by atomic mass is 10.2. The minimum absolute atomic E-state index is 0.0737. The van der Waals surface area contributed by atoms with Crippen LogP contribution in [-0.2, 0) is 9.59 Å². The maximum Gasteiger partial charge on any atom is 0.242 e. The van der Waals surface area contributed by atoms with Gasteiger partial charge in [-0.25, -0.2) is 0 Å². The summed E-state index contributed by atoms with van der Waals surface area (Å²) >= 11 is 3.43. The second kappa shape index (κ2) is 10.8. The molecule has 0 saturated carbocycles. The SMILES string of the molecule is CSCCCNC(=O)C(CCSC)NC(C)=O. The molecule has 4 nitrogen and oxygen atoms in total. The molecule has 0 heterocycles. The molecular weight excluding hydrogens is 256 g/mol. The third kappa shape index (κ3) is 9.35. The van der Waals surface area contributed by atoms with E-state index >= 15 is 0 Å². The van der Waals surface area contributed by atoms with Crippen LogP contribution in [0, 0.1) is 0 Å². The van der Waals surface area contributed by atoms with Gasteiger partial charge in [-0.05, 0) is 36.9 Å². The molecule has 0 spiro atoms. The molecule has 0 bridgehead atoms. The van der Waals surface area contributed by atoms with Crippen LogP contribution in [0.1, 0.15) is 19.8 Å². The van der Waals surface area contributed by atoms with Crippen LogP contribution in [0.25, 0.3) is 0 Å². The molecule has 100 valence electrons. The minimum atomic E-state index is -0.394. The Labute approximate surface area is 112 Å². The molecule has 0 radical (unpaired) electrons. The van der Waals surface area contributed by atoms with Gasteiger partial charge in [-0.3, -0.25) is 9.59 Å². The molecule has 0 fully saturated rings. The molecule has 1 atom stereocenters. The predicted molar refractivity (Wildman–Crippen MR) is 76.6 cm³/mol. The van der Waals surface area contributed by atoms with Crippen molar-refractivity contribution in [3.8, 4) is 0 Å². The zero-order chi connectivity index (χ0) is 13.1. The van der Waals surface area contributed by atoms with Crippen LogP contribution in [-0.4, -0.2) is 48.4 Å². The molecule has 0 aromatic rings. The maximum absolute atomic E-state index is 11.8. The number of hydrogen-bond donors (Lipinski definition) is 2. The third-order valence-corrected chi connectivity index (χ3v) is 3.47. The van der Waals surface area contributed by atoms with Gasteiger partial charge >= 0.3 is 0 Å². The van der Waals surface area contributed by atoms with Gasteiger partial charge in [0, 0.05) is 13.5 Å². The number of rotatable bonds is 9. The fourth-order valence-corrected chi connectivity index (χ4v) is 2.21. The van der Waals surface area contributed by atoms with Crippen LogP contribution >= 0.6 is 23.5 Å². The third-order valence-electron chi connectivity index (χ3n) is 2.13. The van der Waals surface area contributed by atoms with Gasteiger partial charge < -0.3 is 10.6 Å². The molecule has 2 amide bonds. The molecule has 0 saturated heterocycles. The van der Waals surface area contributed by atoms with E-state index in [4.69, 9.17) is 0 Å². The van der Waals surface area contributed by atoms with E-state index in [1.165, 1.54) is 6.92 Å². The molecule has 0 rings (SSSR count). The zero-order valence-corrected chi connectivity index (χ0v) is 12.4. The molecule has 0 aromatic carbocycles. The van der Waals surface area contributed by atoms with E-state index < -0.39 is 6.04 Å². The van der Waals surface area contributed by atoms with Crippen LogP contribution < -0.4 is 10.6 Å². The van der Waals surface area contributed by atoms with Gasteiger partial charge in [-0.2, -0.15) is 23.5 Å². The Morgan fingerprint density at radius 1 is 1.18 bits per heavy atom. The van der Waals surface area contributed by atoms with Crippen LogP contribution in [0.15, 0.2) is 0 Å². The van der Waals surface area contributed by atoms with Crippen molar-refractivity contribution >= 4 is 35.3 Å². The number of carbonyl (C=O) groups excluding carboxylic acids is 2. The first-order valence-electron chi connectivity index (χ1n) is 5.64. The lowest BCUT2D eigenvalue weighted by molar-refractivity contribution is -0.128. The predicted octanol–water partition coefficient (Wildman–Crippen LogP) is 1.11. The van der Waals surface area contributed by atoms with Crippen LogP contribution in [0.3, 0.4) is 0 Å². The van der Waals surface area contributed by atoms with E-state index in [0.29, 0.717) is 13.0 Å². The topological polar surface area (TPSA) is 58.2 Å². The zero-order valence-electron chi connectivity index (χ0n) is 10.7. The van der Waals surface area contributed by atoms with Gasteiger partial charge in [0.15, 0.2) is 0 Å². The minimum Gasteiger partial charge on any atom is -0.354 e. The summed E-state index contributed by atoms with van der Waals surface area (Å²) in [4.78, 5) is 22.8. The van der Waals surface area contributed by atoms with Crippen LogP contribution in [0.5, 0.6) is 0 Å². The highest BCUT2D eigenvalue weighted by molar-refractivity contribution is 7.98. The lowest BCUT2D eigenvalue weighted by Crippen LogP contribution is -2.46. The van der Waals surface area contributed by atoms with E-state index in [1.807, 2.05) is 12.5 Å². The van der Waals surface area contributed by atoms with Crippen LogP contribution in [0.4, 0.5) is 0 Å². The molecule has 0 aliphatic heterocycles. The quantitative estimate of drug-likeness (QED) is 0.620. The molecule has 2 N–H and O–H groups in total. The van der Waals surface area contributed by atoms with Crippen molar-refractivity contribution in [2.45, 2.75) is 25.8 Å². The number of amides is 2. The largest absolute Gasteiger partial charge is 0.354 e. The Morgan fingerprint density at radius 3 is 2.35 bits per heavy atom. The van der Waals surface area contributed by atoms with Gasteiger partial charge in [0.05, 0.1) is 0 Å². The van der Waals surface area contributed by atoms with Crippen molar-refractivity contribution in [2.24, 2.45) is 0 Å². The second-order valence-corrected chi connectivity index (χ2v) is 5.64. The van der Waals surface area contributed by atoms with E-state index in [1.54, 1.807) is 23.5 Å². The Morgan fingerprint density at radius 2 is 1.82 bits per heavy atom. The van der Waals surface area contributed by atoms with E-state index in [2.05, 4.69) is 10.6 Å². The summed E-state index contributed by atoms with van der Waals surface area (Å²) in [6.07, 6.45) is 5.67. The fraction of sp³-hybridized carbons (Fsp3) is 0.818. The van der Waals surface area contributed by atoms with Gasteiger partial charge in [-0.1, -0.05) is 0 Å². The summed E-state index contributed by atoms with van der Waals surface area (Å²) in [6, 6.07) is -0.394. The highest BCUT2D eigenvalue weighted by atomic mass is 32.2. The van der Waals surface area contributed by atoms with Crippen molar-refractivity contribution < 1.29 is 9.59 Å². The summed E-state index contributed by atoms with van der Waals surface area (Å²) in [6.45, 7) is 2.11. The molecule has 6 heteroatoms. The fourth-order valence-electron chi connectivity index (χ4n) is 1.30. The first-order valence-corrected chi connectivity index (χ1v) is 8.43. The van der Waals surface area contributed by atoms with Crippen LogP contribution in [0.2, 0.25) is 0 Å². The van der Waals surface area contributed by atoms with E-state index in [-0.39, 0.29) is 11.8 Å². The summed E-state index contributed by atoms with van der Waals surface area (Å²) in [7, 11) is 0. The Hall–Kier alpha value is -0.360. The Kier molecular flexibility index (Phi) is 10.5. The molecule has 17 heavy (non-hydrogen) atoms. The van der Waals surface area contributed by atoms with Gasteiger partial charge in [-0.15, -0.1) is 0 Å². The highest BCUT2D eigenvalue weighted by Crippen LogP contribution is 2.01. The Bertz CT molecular complexity index is 238. The molecule has 0 aliphatic carbocycles. The van der Waals surface area contributed by atoms with Crippen molar-refractivity contribution in [2.75, 3.05) is 30.6 Å². The summed E-state index contributed by atoms with van der Waals surface area (Å²) < 4.78 is 0. The monoisotopic (exact) mass is 278 g/mol. The lowest BCUT2D eigenvalue weighted by Gasteiger charge is -2.17. The normalized spacial score (nSPS) is 11.9. The van der Waals surface area contributed by atoms with Gasteiger partial charge in [0.1, 0.15) is 6.04 Å². The van der Waals surface area contributed by atoms with Crippen molar-refractivity contribution in [3.63, 3.8) is 0 Å². The number of nitrogens with one attached hydrogen (secondary N) is 2. The number of hydrogen-bond acceptors (Lipinski definition) is 4. The summed E-state index contributed by atoms with van der Waals surface area (Å²) in [5, 5.41) is 5.54. The van der Waals surface area contributed by atoms with E-state index in [9.17, 15) is 9.59 Å². The Balaban J connectivity index is 3.98. The number of thioether (sulfide) groups is 2. The maximum atomic E-state index is 11.8. The van der Waals surface area contributed by atoms with Crippen molar-refractivity contribution in [1.82, 2.24) is 10.6 Å². The molecule has 1 unspecified atom stereocenters. The summed E-state index contributed by atoms with van der Waals surface area (Å²) in [5.41, 5.74) is 0. The molecular formula is C11H22N2O2S2. The standard InChI is InChI=1S/C11H22N2O2S2/c1-9(14)13-10(5-8-17-3)11(15)12-6-4-7-16-2/h10H,4-8H2,1-3H3,(H,12,15)(H,13,14). The summed E-state index contributed by atoms with van der Waals surface area (Å²) in [5.74, 6) is 1.67. The first-order chi connectivity index (χ1) is 8.11. The first kappa shape index (κ1) is 16.6. The van der Waals surface area contributed by atoms with Crippen molar-refractivity contribution in [1.29, 1.82) is 0 Å². The number of carbonyl (C=O) groups is 2. The van der Waals surface area contributed by atoms with Gasteiger partial charge in [0.25, 0.3) is 0 Å². The second-order valence-electron chi connectivity index (χ2n) is 3.67.